The second-order valence-corrected chi connectivity index (χ2v) is 7.17. The molecular formula is C22H21F3N2O2. The summed E-state index contributed by atoms with van der Waals surface area (Å²) in [6.45, 7) is 5.24. The van der Waals surface area contributed by atoms with E-state index in [1.54, 1.807) is 0 Å². The Balaban J connectivity index is 1.54. The molecule has 1 aromatic heterocycles. The fourth-order valence-corrected chi connectivity index (χ4v) is 3.46. The van der Waals surface area contributed by atoms with Gasteiger partial charge in [-0.25, -0.2) is 4.98 Å². The predicted molar refractivity (Wildman–Crippen MR) is 102 cm³/mol. The van der Waals surface area contributed by atoms with E-state index in [4.69, 9.17) is 4.74 Å². The van der Waals surface area contributed by atoms with Crippen molar-refractivity contribution in [3.63, 3.8) is 0 Å². The number of nitrogens with zero attached hydrogens (tertiary/aromatic N) is 1. The molecule has 1 N–H and O–H groups in total. The molecule has 1 fully saturated rings. The number of halogens is 3. The molecule has 1 heterocycles. The van der Waals surface area contributed by atoms with Crippen LogP contribution in [0.3, 0.4) is 0 Å². The summed E-state index contributed by atoms with van der Waals surface area (Å²) < 4.78 is 44.3. The van der Waals surface area contributed by atoms with Crippen LogP contribution < -0.4 is 10.1 Å². The molecular weight excluding hydrogens is 381 g/mol. The molecule has 0 saturated heterocycles. The zero-order valence-corrected chi connectivity index (χ0v) is 16.0. The zero-order chi connectivity index (χ0) is 21.0. The summed E-state index contributed by atoms with van der Waals surface area (Å²) in [5.74, 6) is 0.733. The molecule has 1 aromatic carbocycles. The maximum atomic E-state index is 12.8. The van der Waals surface area contributed by atoms with E-state index in [-0.39, 0.29) is 17.9 Å². The Bertz CT molecular complexity index is 878. The van der Waals surface area contributed by atoms with Crippen LogP contribution >= 0.6 is 0 Å². The lowest BCUT2D eigenvalue weighted by molar-refractivity contribution is -0.141. The van der Waals surface area contributed by atoms with Crippen LogP contribution in [0.1, 0.15) is 43.1 Å². The van der Waals surface area contributed by atoms with Crippen LogP contribution in [-0.2, 0) is 17.4 Å². The highest BCUT2D eigenvalue weighted by Gasteiger charge is 2.33. The molecule has 2 unspecified atom stereocenters. The maximum absolute atomic E-state index is 12.8. The average Bonchev–Trinajstić information content (AvgIpc) is 3.08. The van der Waals surface area contributed by atoms with Crippen LogP contribution in [0.15, 0.2) is 36.9 Å². The molecule has 0 radical (unpaired) electrons. The first-order valence-corrected chi connectivity index (χ1v) is 9.31. The third-order valence-electron chi connectivity index (χ3n) is 4.78. The van der Waals surface area contributed by atoms with Gasteiger partial charge >= 0.3 is 6.18 Å². The van der Waals surface area contributed by atoms with Crippen LogP contribution in [0.4, 0.5) is 13.2 Å². The molecule has 1 amide bonds. The van der Waals surface area contributed by atoms with Gasteiger partial charge in [0.05, 0.1) is 11.8 Å². The molecule has 152 valence electrons. The molecule has 0 spiro atoms. The van der Waals surface area contributed by atoms with E-state index in [0.717, 1.165) is 24.8 Å². The number of hydrogen-bond acceptors (Lipinski definition) is 3. The normalized spacial score (nSPS) is 18.8. The number of benzene rings is 1. The summed E-state index contributed by atoms with van der Waals surface area (Å²) in [4.78, 5) is 14.8. The van der Waals surface area contributed by atoms with E-state index in [9.17, 15) is 18.0 Å². The van der Waals surface area contributed by atoms with Crippen molar-refractivity contribution in [2.75, 3.05) is 0 Å². The van der Waals surface area contributed by atoms with Crippen LogP contribution in [0.25, 0.3) is 5.70 Å². The lowest BCUT2D eigenvalue weighted by Gasteiger charge is -2.15. The van der Waals surface area contributed by atoms with E-state index in [1.807, 2.05) is 30.3 Å². The van der Waals surface area contributed by atoms with Crippen molar-refractivity contribution in [3.05, 3.63) is 66.0 Å². The van der Waals surface area contributed by atoms with Gasteiger partial charge in [0.15, 0.2) is 5.69 Å². The number of aromatic nitrogens is 1. The Morgan fingerprint density at radius 1 is 1.31 bits per heavy atom. The van der Waals surface area contributed by atoms with Gasteiger partial charge in [-0.15, -0.1) is 0 Å². The second kappa shape index (κ2) is 8.56. The molecule has 0 bridgehead atoms. The molecule has 7 heteroatoms. The van der Waals surface area contributed by atoms with E-state index in [2.05, 4.69) is 22.9 Å². The second-order valence-electron chi connectivity index (χ2n) is 7.17. The number of amides is 1. The van der Waals surface area contributed by atoms with E-state index >= 15 is 0 Å². The minimum absolute atomic E-state index is 0.00531. The number of carbonyl (C=O) groups is 1. The zero-order valence-electron chi connectivity index (χ0n) is 16.0. The highest BCUT2D eigenvalue weighted by molar-refractivity contribution is 5.84. The van der Waals surface area contributed by atoms with Crippen molar-refractivity contribution in [1.29, 1.82) is 0 Å². The summed E-state index contributed by atoms with van der Waals surface area (Å²) in [5, 5.41) is 2.64. The molecule has 0 aliphatic heterocycles. The maximum Gasteiger partial charge on any atom is 0.441 e. The predicted octanol–water partition coefficient (Wildman–Crippen LogP) is 4.60. The van der Waals surface area contributed by atoms with Gasteiger partial charge in [-0.2, -0.15) is 13.2 Å². The summed E-state index contributed by atoms with van der Waals surface area (Å²) in [6, 6.07) is 13.2. The van der Waals surface area contributed by atoms with Crippen molar-refractivity contribution in [3.8, 4) is 5.75 Å². The minimum Gasteiger partial charge on any atom is -0.490 e. The lowest BCUT2D eigenvalue weighted by Crippen LogP contribution is -2.17. The van der Waals surface area contributed by atoms with E-state index < -0.39 is 11.9 Å². The van der Waals surface area contributed by atoms with Gasteiger partial charge in [-0.05, 0) is 67.5 Å². The van der Waals surface area contributed by atoms with Crippen molar-refractivity contribution in [2.45, 2.75) is 44.9 Å². The summed E-state index contributed by atoms with van der Waals surface area (Å²) in [6.07, 6.45) is -1.59. The standard InChI is InChI=1S/C22H21F3N2O2/c1-14(26-15(2)28)17-7-10-19(11-8-17)29-20-9-6-16(13-20)12-18-4-3-5-21(27-18)22(23,24)25/h4,7-8,10-11,16,20H,1,6,9,12-13H2,2H3,(H,26,28). The van der Waals surface area contributed by atoms with Gasteiger partial charge < -0.3 is 10.1 Å². The fraction of sp³-hybridized carbons (Fsp3) is 0.364. The Kier molecular flexibility index (Phi) is 6.12. The van der Waals surface area contributed by atoms with Gasteiger partial charge in [0, 0.05) is 18.7 Å². The van der Waals surface area contributed by atoms with E-state index in [0.29, 0.717) is 23.6 Å². The van der Waals surface area contributed by atoms with Crippen molar-refractivity contribution >= 4 is 11.6 Å². The summed E-state index contributed by atoms with van der Waals surface area (Å²) >= 11 is 0. The van der Waals surface area contributed by atoms with E-state index in [1.165, 1.54) is 13.0 Å². The van der Waals surface area contributed by atoms with Gasteiger partial charge in [0.1, 0.15) is 5.75 Å². The molecule has 4 nitrogen and oxygen atoms in total. The Morgan fingerprint density at radius 3 is 2.69 bits per heavy atom. The number of nitrogens with one attached hydrogen (secondary N) is 1. The van der Waals surface area contributed by atoms with Gasteiger partial charge in [0.2, 0.25) is 5.91 Å². The molecule has 1 aliphatic rings. The van der Waals surface area contributed by atoms with Crippen LogP contribution in [-0.4, -0.2) is 17.0 Å². The third-order valence-corrected chi connectivity index (χ3v) is 4.78. The van der Waals surface area contributed by atoms with Crippen molar-refractivity contribution in [2.24, 2.45) is 5.92 Å². The fourth-order valence-electron chi connectivity index (χ4n) is 3.46. The Hall–Kier alpha value is -3.01. The molecule has 2 aromatic rings. The van der Waals surface area contributed by atoms with Gasteiger partial charge in [0.25, 0.3) is 0 Å². The topological polar surface area (TPSA) is 51.2 Å². The first-order valence-electron chi connectivity index (χ1n) is 9.31. The molecule has 1 aliphatic carbocycles. The number of hydrogen-bond donors (Lipinski definition) is 1. The first-order chi connectivity index (χ1) is 13.7. The highest BCUT2D eigenvalue weighted by Crippen LogP contribution is 2.32. The number of rotatable bonds is 6. The Morgan fingerprint density at radius 2 is 2.03 bits per heavy atom. The molecule has 1 saturated carbocycles. The van der Waals surface area contributed by atoms with Crippen LogP contribution in [0, 0.1) is 18.1 Å². The highest BCUT2D eigenvalue weighted by atomic mass is 19.4. The third kappa shape index (κ3) is 5.74. The number of alkyl halides is 3. The molecule has 29 heavy (non-hydrogen) atoms. The van der Waals surface area contributed by atoms with Crippen molar-refractivity contribution in [1.82, 2.24) is 10.3 Å². The van der Waals surface area contributed by atoms with Crippen LogP contribution in [0.5, 0.6) is 5.75 Å². The smallest absolute Gasteiger partial charge is 0.441 e. The minimum atomic E-state index is -4.51. The molecule has 3 rings (SSSR count). The Labute approximate surface area is 167 Å². The van der Waals surface area contributed by atoms with Gasteiger partial charge in [-0.3, -0.25) is 4.79 Å². The van der Waals surface area contributed by atoms with Crippen LogP contribution in [0.2, 0.25) is 0 Å². The first kappa shape index (κ1) is 20.7. The monoisotopic (exact) mass is 402 g/mol. The van der Waals surface area contributed by atoms with Crippen molar-refractivity contribution < 1.29 is 22.7 Å². The average molecular weight is 402 g/mol. The van der Waals surface area contributed by atoms with Gasteiger partial charge in [-0.1, -0.05) is 12.6 Å². The summed E-state index contributed by atoms with van der Waals surface area (Å²) in [5.41, 5.74) is 0.664. The molecule has 2 atom stereocenters. The number of carbonyl (C=O) groups excluding carboxylic acids is 1. The lowest BCUT2D eigenvalue weighted by atomic mass is 10.0. The largest absolute Gasteiger partial charge is 0.490 e. The SMILES string of the molecule is C=C(NC(C)=O)c1ccc(OC2CCC(Cc3cc#cc(C(F)(F)F)n3)C2)cc1. The quantitative estimate of drug-likeness (QED) is 0.769. The number of ether oxygens (including phenoxy) is 1. The summed E-state index contributed by atoms with van der Waals surface area (Å²) in [7, 11) is 0.